The van der Waals surface area contributed by atoms with Gasteiger partial charge in [-0.1, -0.05) is 31.2 Å². The molecule has 0 fully saturated rings. The molecule has 1 aromatic heterocycles. The number of likely N-dealkylation sites (N-methyl/N-ethyl adjacent to an activating group) is 1. The molecule has 2 aromatic rings. The second kappa shape index (κ2) is 7.96. The largest absolute Gasteiger partial charge is 0.380 e. The Bertz CT molecular complexity index is 571. The van der Waals surface area contributed by atoms with Crippen molar-refractivity contribution in [2.45, 2.75) is 20.4 Å². The molecule has 0 unspecified atom stereocenters. The molecule has 21 heavy (non-hydrogen) atoms. The quantitative estimate of drug-likeness (QED) is 0.758. The molecule has 0 atom stereocenters. The molecular weight excluding hydrogens is 262 g/mol. The number of ether oxygens (including phenoxy) is 1. The maximum absolute atomic E-state index is 5.45. The van der Waals surface area contributed by atoms with Gasteiger partial charge in [-0.3, -0.25) is 0 Å². The van der Waals surface area contributed by atoms with Crippen molar-refractivity contribution in [2.75, 3.05) is 38.3 Å². The van der Waals surface area contributed by atoms with E-state index in [2.05, 4.69) is 54.5 Å². The van der Waals surface area contributed by atoms with Gasteiger partial charge < -0.3 is 15.0 Å². The fraction of sp³-hybridized carbons (Fsp3) is 0.471. The first-order valence-corrected chi connectivity index (χ1v) is 7.64. The SMILES string of the molecule is CCNCc1cc2ccccc2c(N(C)CCOCC)n1. The summed E-state index contributed by atoms with van der Waals surface area (Å²) in [5.74, 6) is 1.03. The zero-order valence-corrected chi connectivity index (χ0v) is 13.2. The Morgan fingerprint density at radius 1 is 1.24 bits per heavy atom. The predicted octanol–water partition coefficient (Wildman–Crippen LogP) is 2.82. The van der Waals surface area contributed by atoms with Crippen molar-refractivity contribution in [1.82, 2.24) is 10.3 Å². The Hall–Kier alpha value is -1.65. The molecule has 0 aliphatic carbocycles. The average Bonchev–Trinajstić information content (AvgIpc) is 2.52. The van der Waals surface area contributed by atoms with Crippen LogP contribution in [0.1, 0.15) is 19.5 Å². The molecule has 4 nitrogen and oxygen atoms in total. The van der Waals surface area contributed by atoms with Crippen LogP contribution in [0.3, 0.4) is 0 Å². The molecule has 0 spiro atoms. The van der Waals surface area contributed by atoms with Gasteiger partial charge in [0, 0.05) is 32.1 Å². The maximum Gasteiger partial charge on any atom is 0.136 e. The Labute approximate surface area is 127 Å². The molecule has 0 amide bonds. The fourth-order valence-corrected chi connectivity index (χ4v) is 2.32. The third kappa shape index (κ3) is 4.16. The van der Waals surface area contributed by atoms with Crippen molar-refractivity contribution >= 4 is 16.6 Å². The lowest BCUT2D eigenvalue weighted by molar-refractivity contribution is 0.154. The van der Waals surface area contributed by atoms with E-state index in [9.17, 15) is 0 Å². The van der Waals surface area contributed by atoms with E-state index in [1.807, 2.05) is 6.92 Å². The molecule has 0 aliphatic rings. The summed E-state index contributed by atoms with van der Waals surface area (Å²) >= 11 is 0. The number of pyridine rings is 1. The van der Waals surface area contributed by atoms with E-state index in [0.717, 1.165) is 44.4 Å². The van der Waals surface area contributed by atoms with Gasteiger partial charge in [-0.25, -0.2) is 4.98 Å². The number of nitrogens with one attached hydrogen (secondary N) is 1. The predicted molar refractivity (Wildman–Crippen MR) is 88.9 cm³/mol. The topological polar surface area (TPSA) is 37.4 Å². The molecule has 0 radical (unpaired) electrons. The standard InChI is InChI=1S/C17H25N3O/c1-4-18-13-15-12-14-8-6-7-9-16(14)17(19-15)20(3)10-11-21-5-2/h6-9,12,18H,4-5,10-11,13H2,1-3H3. The van der Waals surface area contributed by atoms with Crippen molar-refractivity contribution in [3.05, 3.63) is 36.0 Å². The van der Waals surface area contributed by atoms with Gasteiger partial charge in [0.2, 0.25) is 0 Å². The summed E-state index contributed by atoms with van der Waals surface area (Å²) in [5.41, 5.74) is 1.08. The molecule has 0 saturated carbocycles. The molecule has 1 N–H and O–H groups in total. The van der Waals surface area contributed by atoms with Crippen LogP contribution in [-0.4, -0.2) is 38.3 Å². The van der Waals surface area contributed by atoms with Crippen LogP contribution in [0.2, 0.25) is 0 Å². The van der Waals surface area contributed by atoms with Crippen molar-refractivity contribution in [3.63, 3.8) is 0 Å². The summed E-state index contributed by atoms with van der Waals surface area (Å²) in [5, 5.41) is 5.77. The van der Waals surface area contributed by atoms with E-state index in [0.29, 0.717) is 0 Å². The minimum atomic E-state index is 0.723. The molecule has 4 heteroatoms. The van der Waals surface area contributed by atoms with Crippen LogP contribution in [0, 0.1) is 0 Å². The Balaban J connectivity index is 2.29. The number of nitrogens with zero attached hydrogens (tertiary/aromatic N) is 2. The number of anilines is 1. The van der Waals surface area contributed by atoms with E-state index < -0.39 is 0 Å². The third-order valence-electron chi connectivity index (χ3n) is 3.47. The number of benzene rings is 1. The van der Waals surface area contributed by atoms with Crippen LogP contribution in [0.25, 0.3) is 10.8 Å². The van der Waals surface area contributed by atoms with Gasteiger partial charge in [-0.15, -0.1) is 0 Å². The van der Waals surface area contributed by atoms with Crippen LogP contribution < -0.4 is 10.2 Å². The number of rotatable bonds is 8. The second-order valence-corrected chi connectivity index (χ2v) is 5.06. The van der Waals surface area contributed by atoms with Gasteiger partial charge in [0.15, 0.2) is 0 Å². The van der Waals surface area contributed by atoms with Gasteiger partial charge >= 0.3 is 0 Å². The van der Waals surface area contributed by atoms with Gasteiger partial charge in [0.05, 0.1) is 12.3 Å². The monoisotopic (exact) mass is 287 g/mol. The maximum atomic E-state index is 5.45. The minimum Gasteiger partial charge on any atom is -0.380 e. The smallest absolute Gasteiger partial charge is 0.136 e. The summed E-state index contributed by atoms with van der Waals surface area (Å²) in [6.07, 6.45) is 0. The van der Waals surface area contributed by atoms with E-state index in [4.69, 9.17) is 9.72 Å². The van der Waals surface area contributed by atoms with Crippen LogP contribution in [0.4, 0.5) is 5.82 Å². The Kier molecular flexibility index (Phi) is 5.96. The molecule has 0 aliphatic heterocycles. The van der Waals surface area contributed by atoms with Gasteiger partial charge in [-0.05, 0) is 24.9 Å². The minimum absolute atomic E-state index is 0.723. The summed E-state index contributed by atoms with van der Waals surface area (Å²) in [6.45, 7) is 8.19. The fourth-order valence-electron chi connectivity index (χ4n) is 2.32. The number of aromatic nitrogens is 1. The summed E-state index contributed by atoms with van der Waals surface area (Å²) < 4.78 is 5.45. The van der Waals surface area contributed by atoms with E-state index in [1.165, 1.54) is 10.8 Å². The summed E-state index contributed by atoms with van der Waals surface area (Å²) in [6, 6.07) is 10.6. The molecule has 1 aromatic carbocycles. The van der Waals surface area contributed by atoms with Crippen LogP contribution in [-0.2, 0) is 11.3 Å². The van der Waals surface area contributed by atoms with Crippen molar-refractivity contribution in [2.24, 2.45) is 0 Å². The van der Waals surface area contributed by atoms with Crippen LogP contribution in [0.15, 0.2) is 30.3 Å². The molecule has 0 saturated heterocycles. The lowest BCUT2D eigenvalue weighted by atomic mass is 10.1. The van der Waals surface area contributed by atoms with Gasteiger partial charge in [0.25, 0.3) is 0 Å². The van der Waals surface area contributed by atoms with E-state index in [1.54, 1.807) is 0 Å². The Morgan fingerprint density at radius 2 is 2.05 bits per heavy atom. The molecule has 2 rings (SSSR count). The highest BCUT2D eigenvalue weighted by Crippen LogP contribution is 2.25. The summed E-state index contributed by atoms with van der Waals surface area (Å²) in [4.78, 5) is 7.00. The highest BCUT2D eigenvalue weighted by molar-refractivity contribution is 5.92. The number of hydrogen-bond donors (Lipinski definition) is 1. The van der Waals surface area contributed by atoms with Crippen molar-refractivity contribution in [1.29, 1.82) is 0 Å². The van der Waals surface area contributed by atoms with E-state index in [-0.39, 0.29) is 0 Å². The molecule has 0 bridgehead atoms. The normalized spacial score (nSPS) is 11.0. The highest BCUT2D eigenvalue weighted by atomic mass is 16.5. The van der Waals surface area contributed by atoms with Crippen LogP contribution in [0.5, 0.6) is 0 Å². The lowest BCUT2D eigenvalue weighted by Crippen LogP contribution is -2.24. The van der Waals surface area contributed by atoms with Gasteiger partial charge in [-0.2, -0.15) is 0 Å². The van der Waals surface area contributed by atoms with Crippen molar-refractivity contribution < 1.29 is 4.74 Å². The molecular formula is C17H25N3O. The number of fused-ring (bicyclic) bond motifs is 1. The average molecular weight is 287 g/mol. The van der Waals surface area contributed by atoms with Gasteiger partial charge in [0.1, 0.15) is 5.82 Å². The molecule has 114 valence electrons. The van der Waals surface area contributed by atoms with Crippen molar-refractivity contribution in [3.8, 4) is 0 Å². The highest BCUT2D eigenvalue weighted by Gasteiger charge is 2.10. The van der Waals surface area contributed by atoms with Crippen LogP contribution >= 0.6 is 0 Å². The first kappa shape index (κ1) is 15.7. The zero-order valence-electron chi connectivity index (χ0n) is 13.2. The second-order valence-electron chi connectivity index (χ2n) is 5.06. The third-order valence-corrected chi connectivity index (χ3v) is 3.47. The zero-order chi connectivity index (χ0) is 15.1. The summed E-state index contributed by atoms with van der Waals surface area (Å²) in [7, 11) is 2.07. The first-order chi connectivity index (χ1) is 10.3. The first-order valence-electron chi connectivity index (χ1n) is 7.64. The van der Waals surface area contributed by atoms with E-state index >= 15 is 0 Å². The molecule has 1 heterocycles. The Morgan fingerprint density at radius 3 is 2.81 bits per heavy atom. The number of hydrogen-bond acceptors (Lipinski definition) is 4. The lowest BCUT2D eigenvalue weighted by Gasteiger charge is -2.21.